The summed E-state index contributed by atoms with van der Waals surface area (Å²) in [6, 6.07) is 11.7. The molecule has 0 spiro atoms. The first-order valence-corrected chi connectivity index (χ1v) is 10.5. The first kappa shape index (κ1) is 19.7. The van der Waals surface area contributed by atoms with Gasteiger partial charge in [-0.1, -0.05) is 23.7 Å². The van der Waals surface area contributed by atoms with Crippen molar-refractivity contribution in [1.82, 2.24) is 4.31 Å². The van der Waals surface area contributed by atoms with Gasteiger partial charge in [0.05, 0.1) is 9.92 Å². The predicted octanol–water partition coefficient (Wildman–Crippen LogP) is 3.45. The Kier molecular flexibility index (Phi) is 6.04. The number of hydrogen-bond donors (Lipinski definition) is 1. The molecule has 1 amide bonds. The molecule has 27 heavy (non-hydrogen) atoms. The van der Waals surface area contributed by atoms with Crippen LogP contribution in [0.15, 0.2) is 47.4 Å². The molecule has 0 saturated carbocycles. The van der Waals surface area contributed by atoms with Gasteiger partial charge in [0, 0.05) is 18.8 Å². The highest BCUT2D eigenvalue weighted by molar-refractivity contribution is 7.89. The van der Waals surface area contributed by atoms with E-state index in [1.165, 1.54) is 22.5 Å². The lowest BCUT2D eigenvalue weighted by atomic mass is 10.2. The van der Waals surface area contributed by atoms with E-state index in [1.54, 1.807) is 6.07 Å². The average Bonchev–Trinajstić information content (AvgIpc) is 3.16. The van der Waals surface area contributed by atoms with Gasteiger partial charge >= 0.3 is 0 Å². The second-order valence-electron chi connectivity index (χ2n) is 6.41. The molecule has 1 heterocycles. The lowest BCUT2D eigenvalue weighted by Crippen LogP contribution is -2.27. The quantitative estimate of drug-likeness (QED) is 0.794. The highest BCUT2D eigenvalue weighted by Gasteiger charge is 2.27. The van der Waals surface area contributed by atoms with Crippen LogP contribution in [0, 0.1) is 6.92 Å². The third-order valence-electron chi connectivity index (χ3n) is 4.27. The number of benzene rings is 2. The van der Waals surface area contributed by atoms with Gasteiger partial charge in [-0.15, -0.1) is 0 Å². The molecule has 0 bridgehead atoms. The zero-order valence-corrected chi connectivity index (χ0v) is 16.5. The molecule has 0 radical (unpaired) electrons. The number of rotatable bonds is 6. The van der Waals surface area contributed by atoms with Crippen LogP contribution in [0.5, 0.6) is 5.75 Å². The average molecular weight is 409 g/mol. The van der Waals surface area contributed by atoms with Gasteiger partial charge < -0.3 is 10.1 Å². The maximum atomic E-state index is 12.6. The molecular weight excluding hydrogens is 388 g/mol. The minimum Gasteiger partial charge on any atom is -0.482 e. The Morgan fingerprint density at radius 3 is 2.59 bits per heavy atom. The van der Waals surface area contributed by atoms with Crippen LogP contribution >= 0.6 is 11.6 Å². The number of halogens is 1. The van der Waals surface area contributed by atoms with E-state index in [-0.39, 0.29) is 28.2 Å². The summed E-state index contributed by atoms with van der Waals surface area (Å²) in [6.07, 6.45) is 1.73. The number of ether oxygens (including phenoxy) is 1. The summed E-state index contributed by atoms with van der Waals surface area (Å²) in [5.74, 6) is -0.0677. The second-order valence-corrected chi connectivity index (χ2v) is 8.75. The molecule has 1 fully saturated rings. The van der Waals surface area contributed by atoms with Crippen molar-refractivity contribution in [3.63, 3.8) is 0 Å². The Labute approximate surface area is 164 Å². The third kappa shape index (κ3) is 4.80. The molecule has 3 rings (SSSR count). The van der Waals surface area contributed by atoms with E-state index < -0.39 is 10.0 Å². The molecule has 2 aromatic carbocycles. The van der Waals surface area contributed by atoms with Crippen molar-refractivity contribution in [2.75, 3.05) is 25.0 Å². The van der Waals surface area contributed by atoms with Gasteiger partial charge in [-0.25, -0.2) is 8.42 Å². The molecule has 1 aliphatic rings. The van der Waals surface area contributed by atoms with Gasteiger partial charge in [-0.3, -0.25) is 4.79 Å². The minimum atomic E-state index is -3.54. The maximum absolute atomic E-state index is 12.6. The first-order chi connectivity index (χ1) is 12.9. The Balaban J connectivity index is 1.63. The fourth-order valence-electron chi connectivity index (χ4n) is 2.90. The van der Waals surface area contributed by atoms with Crippen molar-refractivity contribution in [2.45, 2.75) is 24.7 Å². The van der Waals surface area contributed by atoms with Gasteiger partial charge in [0.1, 0.15) is 5.75 Å². The van der Waals surface area contributed by atoms with Crippen molar-refractivity contribution in [1.29, 1.82) is 0 Å². The number of sulfonamides is 1. The van der Waals surface area contributed by atoms with Crippen LogP contribution in [0.2, 0.25) is 5.02 Å². The number of nitrogens with one attached hydrogen (secondary N) is 1. The van der Waals surface area contributed by atoms with E-state index in [4.69, 9.17) is 16.3 Å². The van der Waals surface area contributed by atoms with Gasteiger partial charge in [0.25, 0.3) is 5.91 Å². The lowest BCUT2D eigenvalue weighted by molar-refractivity contribution is -0.118. The van der Waals surface area contributed by atoms with Crippen LogP contribution < -0.4 is 10.1 Å². The van der Waals surface area contributed by atoms with Crippen LogP contribution in [0.1, 0.15) is 18.4 Å². The van der Waals surface area contributed by atoms with Gasteiger partial charge in [0.2, 0.25) is 10.0 Å². The van der Waals surface area contributed by atoms with Crippen molar-refractivity contribution in [3.8, 4) is 5.75 Å². The Hall–Kier alpha value is -2.09. The van der Waals surface area contributed by atoms with E-state index in [2.05, 4.69) is 5.32 Å². The smallest absolute Gasteiger partial charge is 0.262 e. The number of aryl methyl sites for hydroxylation is 1. The third-order valence-corrected chi connectivity index (χ3v) is 6.46. The monoisotopic (exact) mass is 408 g/mol. The number of hydrogen-bond acceptors (Lipinski definition) is 4. The molecule has 2 aromatic rings. The van der Waals surface area contributed by atoms with E-state index in [9.17, 15) is 13.2 Å². The molecule has 144 valence electrons. The van der Waals surface area contributed by atoms with Gasteiger partial charge in [-0.05, 0) is 55.7 Å². The van der Waals surface area contributed by atoms with Gasteiger partial charge in [0.15, 0.2) is 6.61 Å². The minimum absolute atomic E-state index is 0.131. The molecule has 1 aliphatic heterocycles. The summed E-state index contributed by atoms with van der Waals surface area (Å²) in [7, 11) is -3.54. The van der Waals surface area contributed by atoms with Crippen LogP contribution in [-0.4, -0.2) is 38.3 Å². The van der Waals surface area contributed by atoms with E-state index in [0.29, 0.717) is 18.8 Å². The summed E-state index contributed by atoms with van der Waals surface area (Å²) in [5.41, 5.74) is 1.72. The summed E-state index contributed by atoms with van der Waals surface area (Å²) < 4.78 is 32.0. The molecular formula is C19H21ClN2O4S. The topological polar surface area (TPSA) is 75.7 Å². The van der Waals surface area contributed by atoms with Crippen molar-refractivity contribution >= 4 is 33.2 Å². The maximum Gasteiger partial charge on any atom is 0.262 e. The summed E-state index contributed by atoms with van der Waals surface area (Å²) in [5, 5.41) is 2.89. The first-order valence-electron chi connectivity index (χ1n) is 8.65. The van der Waals surface area contributed by atoms with Crippen molar-refractivity contribution < 1.29 is 17.9 Å². The standard InChI is InChI=1S/C19H21ClN2O4S/c1-14-5-4-6-15(11-14)21-19(23)13-26-18-8-7-16(12-17(18)20)27(24,25)22-9-2-3-10-22/h4-8,11-12H,2-3,9-10,13H2,1H3,(H,21,23). The number of amides is 1. The number of nitrogens with zero attached hydrogens (tertiary/aromatic N) is 1. The molecule has 6 nitrogen and oxygen atoms in total. The Morgan fingerprint density at radius 2 is 1.93 bits per heavy atom. The molecule has 0 atom stereocenters. The number of carbonyl (C=O) groups is 1. The van der Waals surface area contributed by atoms with Crippen molar-refractivity contribution in [2.24, 2.45) is 0 Å². The summed E-state index contributed by atoms with van der Waals surface area (Å²) >= 11 is 6.17. The highest BCUT2D eigenvalue weighted by Crippen LogP contribution is 2.29. The van der Waals surface area contributed by atoms with E-state index in [0.717, 1.165) is 18.4 Å². The number of carbonyl (C=O) groups excluding carboxylic acids is 1. The fraction of sp³-hybridized carbons (Fsp3) is 0.316. The largest absolute Gasteiger partial charge is 0.482 e. The Bertz CT molecular complexity index is 940. The van der Waals surface area contributed by atoms with Crippen LogP contribution in [0.4, 0.5) is 5.69 Å². The highest BCUT2D eigenvalue weighted by atomic mass is 35.5. The second kappa shape index (κ2) is 8.29. The predicted molar refractivity (Wildman–Crippen MR) is 105 cm³/mol. The normalized spacial score (nSPS) is 14.9. The van der Waals surface area contributed by atoms with Gasteiger partial charge in [-0.2, -0.15) is 4.31 Å². The SMILES string of the molecule is Cc1cccc(NC(=O)COc2ccc(S(=O)(=O)N3CCCC3)cc2Cl)c1. The van der Waals surface area contributed by atoms with Crippen LogP contribution in [0.3, 0.4) is 0 Å². The van der Waals surface area contributed by atoms with Crippen molar-refractivity contribution in [3.05, 3.63) is 53.1 Å². The summed E-state index contributed by atoms with van der Waals surface area (Å²) in [6.45, 7) is 2.75. The molecule has 0 aromatic heterocycles. The Morgan fingerprint density at radius 1 is 1.19 bits per heavy atom. The molecule has 1 N–H and O–H groups in total. The number of anilines is 1. The van der Waals surface area contributed by atoms with Crippen LogP contribution in [0.25, 0.3) is 0 Å². The molecule has 1 saturated heterocycles. The zero-order valence-electron chi connectivity index (χ0n) is 14.9. The van der Waals surface area contributed by atoms with E-state index in [1.807, 2.05) is 25.1 Å². The molecule has 8 heteroatoms. The van der Waals surface area contributed by atoms with Crippen LogP contribution in [-0.2, 0) is 14.8 Å². The molecule has 0 aliphatic carbocycles. The zero-order chi connectivity index (χ0) is 19.4. The molecule has 0 unspecified atom stereocenters. The van der Waals surface area contributed by atoms with E-state index >= 15 is 0 Å². The fourth-order valence-corrected chi connectivity index (χ4v) is 4.74. The lowest BCUT2D eigenvalue weighted by Gasteiger charge is -2.16. The summed E-state index contributed by atoms with van der Waals surface area (Å²) in [4.78, 5) is 12.2.